The maximum Gasteiger partial charge on any atom is 0.326 e. The SMILES string of the molecule is CN[C@@H](CC(=O)O)C(=O)N[C@@H](CC1=CCC=CC1)C(=O)O. The fourth-order valence-electron chi connectivity index (χ4n) is 2.05. The number of hydrogen-bond donors (Lipinski definition) is 4. The standard InChI is InChI=1S/C14H20N2O5/c1-15-10(8-12(17)18)13(19)16-11(14(20)21)7-9-5-3-2-4-6-9/h2-3,6,10-11,15H,4-5,7-8H2,1H3,(H,16,19)(H,17,18)(H,20,21)/t10-,11-/m0/s1. The average Bonchev–Trinajstić information content (AvgIpc) is 2.44. The molecule has 7 nitrogen and oxygen atoms in total. The van der Waals surface area contributed by atoms with Crippen LogP contribution in [-0.2, 0) is 14.4 Å². The number of carboxylic acids is 2. The van der Waals surface area contributed by atoms with Gasteiger partial charge in [0.1, 0.15) is 6.04 Å². The van der Waals surface area contributed by atoms with Gasteiger partial charge in [0.15, 0.2) is 0 Å². The maximum absolute atomic E-state index is 11.9. The van der Waals surface area contributed by atoms with E-state index >= 15 is 0 Å². The van der Waals surface area contributed by atoms with Gasteiger partial charge in [0.05, 0.1) is 12.5 Å². The minimum absolute atomic E-state index is 0.217. The van der Waals surface area contributed by atoms with Crippen LogP contribution in [0.4, 0.5) is 0 Å². The topological polar surface area (TPSA) is 116 Å². The quantitative estimate of drug-likeness (QED) is 0.478. The summed E-state index contributed by atoms with van der Waals surface area (Å²) in [6, 6.07) is -2.01. The normalized spacial score (nSPS) is 16.7. The molecule has 4 N–H and O–H groups in total. The first-order valence-electron chi connectivity index (χ1n) is 6.69. The molecular formula is C14H20N2O5. The van der Waals surface area contributed by atoms with E-state index in [0.29, 0.717) is 6.42 Å². The summed E-state index contributed by atoms with van der Waals surface area (Å²) in [7, 11) is 1.46. The summed E-state index contributed by atoms with van der Waals surface area (Å²) in [5.41, 5.74) is 0.949. The lowest BCUT2D eigenvalue weighted by molar-refractivity contribution is -0.143. The molecular weight excluding hydrogens is 276 g/mol. The monoisotopic (exact) mass is 296 g/mol. The van der Waals surface area contributed by atoms with Crippen LogP contribution in [0.1, 0.15) is 25.7 Å². The van der Waals surface area contributed by atoms with Crippen molar-refractivity contribution in [3.05, 3.63) is 23.8 Å². The molecule has 0 saturated carbocycles. The Bertz CT molecular complexity index is 470. The van der Waals surface area contributed by atoms with Crippen molar-refractivity contribution in [2.75, 3.05) is 7.05 Å². The molecule has 0 aromatic heterocycles. The zero-order chi connectivity index (χ0) is 15.8. The zero-order valence-electron chi connectivity index (χ0n) is 11.8. The highest BCUT2D eigenvalue weighted by molar-refractivity contribution is 5.89. The van der Waals surface area contributed by atoms with Crippen molar-refractivity contribution < 1.29 is 24.6 Å². The zero-order valence-corrected chi connectivity index (χ0v) is 11.8. The fraction of sp³-hybridized carbons (Fsp3) is 0.500. The molecule has 0 unspecified atom stereocenters. The van der Waals surface area contributed by atoms with Gasteiger partial charge >= 0.3 is 11.9 Å². The Hall–Kier alpha value is -2.15. The van der Waals surface area contributed by atoms with Gasteiger partial charge in [-0.25, -0.2) is 4.79 Å². The van der Waals surface area contributed by atoms with Crippen LogP contribution in [-0.4, -0.2) is 47.2 Å². The molecule has 0 saturated heterocycles. The summed E-state index contributed by atoms with van der Waals surface area (Å²) >= 11 is 0. The van der Waals surface area contributed by atoms with Crippen molar-refractivity contribution in [1.82, 2.24) is 10.6 Å². The number of rotatable bonds is 8. The first kappa shape index (κ1) is 16.9. The van der Waals surface area contributed by atoms with Crippen molar-refractivity contribution in [2.45, 2.75) is 37.8 Å². The van der Waals surface area contributed by atoms with E-state index in [2.05, 4.69) is 10.6 Å². The van der Waals surface area contributed by atoms with Crippen LogP contribution in [0.15, 0.2) is 23.8 Å². The number of aliphatic carboxylic acids is 2. The highest BCUT2D eigenvalue weighted by Gasteiger charge is 2.26. The van der Waals surface area contributed by atoms with E-state index in [-0.39, 0.29) is 6.42 Å². The minimum atomic E-state index is -1.14. The Labute approximate surface area is 122 Å². The van der Waals surface area contributed by atoms with Crippen molar-refractivity contribution in [3.63, 3.8) is 0 Å². The Kier molecular flexibility index (Phi) is 6.61. The summed E-state index contributed by atoms with van der Waals surface area (Å²) in [5.74, 6) is -2.89. The van der Waals surface area contributed by atoms with Crippen LogP contribution < -0.4 is 10.6 Å². The summed E-state index contributed by atoms with van der Waals surface area (Å²) < 4.78 is 0. The van der Waals surface area contributed by atoms with E-state index in [9.17, 15) is 19.5 Å². The second-order valence-corrected chi connectivity index (χ2v) is 4.82. The molecule has 0 radical (unpaired) electrons. The van der Waals surface area contributed by atoms with Gasteiger partial charge in [-0.1, -0.05) is 23.8 Å². The first-order chi connectivity index (χ1) is 9.93. The molecule has 0 aliphatic heterocycles. The number of carboxylic acid groups (broad SMARTS) is 2. The molecule has 1 amide bonds. The lowest BCUT2D eigenvalue weighted by Gasteiger charge is -2.20. The summed E-state index contributed by atoms with van der Waals surface area (Å²) in [5, 5.41) is 22.9. The predicted molar refractivity (Wildman–Crippen MR) is 75.7 cm³/mol. The lowest BCUT2D eigenvalue weighted by Crippen LogP contribution is -2.50. The van der Waals surface area contributed by atoms with Crippen LogP contribution in [0.2, 0.25) is 0 Å². The van der Waals surface area contributed by atoms with E-state index in [1.165, 1.54) is 7.05 Å². The molecule has 116 valence electrons. The molecule has 1 rings (SSSR count). The van der Waals surface area contributed by atoms with E-state index in [1.54, 1.807) is 0 Å². The molecule has 1 aliphatic carbocycles. The van der Waals surface area contributed by atoms with Gasteiger partial charge in [-0.2, -0.15) is 0 Å². The van der Waals surface area contributed by atoms with Gasteiger partial charge in [0, 0.05) is 0 Å². The third kappa shape index (κ3) is 5.78. The smallest absolute Gasteiger partial charge is 0.326 e. The van der Waals surface area contributed by atoms with Gasteiger partial charge in [0.2, 0.25) is 5.91 Å². The number of nitrogens with one attached hydrogen (secondary N) is 2. The highest BCUT2D eigenvalue weighted by atomic mass is 16.4. The number of likely N-dealkylation sites (N-methyl/N-ethyl adjacent to an activating group) is 1. The van der Waals surface area contributed by atoms with Gasteiger partial charge in [0.25, 0.3) is 0 Å². The molecule has 1 aliphatic rings. The molecule has 0 aromatic carbocycles. The Balaban J connectivity index is 2.64. The van der Waals surface area contributed by atoms with Gasteiger partial charge in [-0.15, -0.1) is 0 Å². The minimum Gasteiger partial charge on any atom is -0.481 e. The Morgan fingerprint density at radius 2 is 1.95 bits per heavy atom. The van der Waals surface area contributed by atoms with E-state index in [0.717, 1.165) is 12.0 Å². The van der Waals surface area contributed by atoms with Crippen LogP contribution in [0, 0.1) is 0 Å². The molecule has 0 bridgehead atoms. The number of carbonyl (C=O) groups excluding carboxylic acids is 1. The number of amides is 1. The summed E-state index contributed by atoms with van der Waals surface area (Å²) in [6.45, 7) is 0. The summed E-state index contributed by atoms with van der Waals surface area (Å²) in [6.07, 6.45) is 7.13. The number of carbonyl (C=O) groups is 3. The molecule has 21 heavy (non-hydrogen) atoms. The van der Waals surface area contributed by atoms with Crippen LogP contribution in [0.25, 0.3) is 0 Å². The highest BCUT2D eigenvalue weighted by Crippen LogP contribution is 2.16. The van der Waals surface area contributed by atoms with E-state index < -0.39 is 36.4 Å². The third-order valence-corrected chi connectivity index (χ3v) is 3.21. The van der Waals surface area contributed by atoms with E-state index in [1.807, 2.05) is 18.2 Å². The first-order valence-corrected chi connectivity index (χ1v) is 6.69. The van der Waals surface area contributed by atoms with E-state index in [4.69, 9.17) is 5.11 Å². The molecule has 0 fully saturated rings. The maximum atomic E-state index is 11.9. The molecule has 2 atom stereocenters. The van der Waals surface area contributed by atoms with Crippen LogP contribution in [0.5, 0.6) is 0 Å². The molecule has 7 heteroatoms. The number of allylic oxidation sites excluding steroid dienone is 3. The molecule has 0 heterocycles. The van der Waals surface area contributed by atoms with Crippen molar-refractivity contribution in [1.29, 1.82) is 0 Å². The third-order valence-electron chi connectivity index (χ3n) is 3.21. The van der Waals surface area contributed by atoms with Gasteiger partial charge in [-0.05, 0) is 26.3 Å². The van der Waals surface area contributed by atoms with Gasteiger partial charge in [-0.3, -0.25) is 9.59 Å². The second kappa shape index (κ2) is 8.21. The molecule has 0 aromatic rings. The van der Waals surface area contributed by atoms with Crippen molar-refractivity contribution in [3.8, 4) is 0 Å². The fourth-order valence-corrected chi connectivity index (χ4v) is 2.05. The van der Waals surface area contributed by atoms with Crippen LogP contribution >= 0.6 is 0 Å². The molecule has 0 spiro atoms. The van der Waals surface area contributed by atoms with Gasteiger partial charge < -0.3 is 20.8 Å². The summed E-state index contributed by atoms with van der Waals surface area (Å²) in [4.78, 5) is 33.8. The predicted octanol–water partition coefficient (Wildman–Crippen LogP) is 0.285. The lowest BCUT2D eigenvalue weighted by atomic mass is 9.98. The Morgan fingerprint density at radius 1 is 1.24 bits per heavy atom. The Morgan fingerprint density at radius 3 is 2.43 bits per heavy atom. The second-order valence-electron chi connectivity index (χ2n) is 4.82. The van der Waals surface area contributed by atoms with Crippen molar-refractivity contribution in [2.24, 2.45) is 0 Å². The largest absolute Gasteiger partial charge is 0.481 e. The average molecular weight is 296 g/mol. The van der Waals surface area contributed by atoms with Crippen LogP contribution in [0.3, 0.4) is 0 Å². The van der Waals surface area contributed by atoms with Crippen molar-refractivity contribution >= 4 is 17.8 Å². The number of hydrogen-bond acceptors (Lipinski definition) is 4.